The second-order valence-corrected chi connectivity index (χ2v) is 7.13. The zero-order valence-corrected chi connectivity index (χ0v) is 15.8. The van der Waals surface area contributed by atoms with Gasteiger partial charge >= 0.3 is 0 Å². The summed E-state index contributed by atoms with van der Waals surface area (Å²) in [6.07, 6.45) is 4.08. The summed E-state index contributed by atoms with van der Waals surface area (Å²) in [5, 5.41) is 16.2. The molecule has 136 valence electrons. The van der Waals surface area contributed by atoms with Gasteiger partial charge in [-0.05, 0) is 31.4 Å². The number of thioether (sulfide) groups is 1. The molecule has 1 unspecified atom stereocenters. The molecule has 2 N–H and O–H groups in total. The highest BCUT2D eigenvalue weighted by Crippen LogP contribution is 2.38. The summed E-state index contributed by atoms with van der Waals surface area (Å²) in [6.45, 7) is 4.57. The number of fused-ring (bicyclic) bond motifs is 3. The first kappa shape index (κ1) is 18.2. The van der Waals surface area contributed by atoms with E-state index in [1.807, 2.05) is 0 Å². The van der Waals surface area contributed by atoms with Gasteiger partial charge in [-0.1, -0.05) is 11.8 Å². The van der Waals surface area contributed by atoms with Gasteiger partial charge in [0, 0.05) is 31.5 Å². The normalized spacial score (nSPS) is 19.0. The minimum Gasteiger partial charge on any atom is -0.497 e. The van der Waals surface area contributed by atoms with Crippen molar-refractivity contribution >= 4 is 23.2 Å². The van der Waals surface area contributed by atoms with E-state index in [4.69, 9.17) is 9.47 Å². The molecule has 2 aliphatic rings. The van der Waals surface area contributed by atoms with E-state index in [2.05, 4.69) is 38.8 Å². The fourth-order valence-electron chi connectivity index (χ4n) is 2.97. The van der Waals surface area contributed by atoms with E-state index >= 15 is 0 Å². The lowest BCUT2D eigenvalue weighted by molar-refractivity contribution is 0.200. The second-order valence-electron chi connectivity index (χ2n) is 6.07. The van der Waals surface area contributed by atoms with Crippen LogP contribution in [-0.4, -0.2) is 60.9 Å². The van der Waals surface area contributed by atoms with Crippen LogP contribution in [0, 0.1) is 0 Å². The van der Waals surface area contributed by atoms with E-state index in [0.717, 1.165) is 61.1 Å². The topological polar surface area (TPSA) is 81.2 Å². The number of nitrogens with one attached hydrogen (secondary N) is 2. The standard InChI is InChI=1S/C17H25N5O2S/c1-11-4-5-13-12(10-14(11)24-3)15-16(19-13)20-17(22-21-15)25-9-7-18-6-8-23-2/h10,13,18H,4-9H2,1-3H3,(H,19,20,22). The second kappa shape index (κ2) is 8.64. The number of nitrogens with zero attached hydrogens (tertiary/aromatic N) is 3. The maximum Gasteiger partial charge on any atom is 0.211 e. The van der Waals surface area contributed by atoms with Crippen LogP contribution >= 0.6 is 11.8 Å². The Hall–Kier alpha value is -1.64. The van der Waals surface area contributed by atoms with Crippen LogP contribution < -0.4 is 10.6 Å². The molecule has 0 saturated heterocycles. The highest BCUT2D eigenvalue weighted by Gasteiger charge is 2.31. The van der Waals surface area contributed by atoms with Crippen molar-refractivity contribution < 1.29 is 9.47 Å². The van der Waals surface area contributed by atoms with E-state index in [-0.39, 0.29) is 6.04 Å². The molecule has 1 atom stereocenters. The molecule has 0 radical (unpaired) electrons. The zero-order chi connectivity index (χ0) is 17.6. The molecule has 2 heterocycles. The first-order valence-corrected chi connectivity index (χ1v) is 9.51. The van der Waals surface area contributed by atoms with E-state index in [1.165, 1.54) is 5.57 Å². The molecule has 7 nitrogen and oxygen atoms in total. The van der Waals surface area contributed by atoms with Gasteiger partial charge in [0.05, 0.1) is 19.8 Å². The van der Waals surface area contributed by atoms with Crippen LogP contribution in [0.1, 0.15) is 25.5 Å². The summed E-state index contributed by atoms with van der Waals surface area (Å²) < 4.78 is 10.5. The minimum atomic E-state index is 0.232. The largest absolute Gasteiger partial charge is 0.497 e. The van der Waals surface area contributed by atoms with Crippen LogP contribution in [0.3, 0.4) is 0 Å². The molecule has 25 heavy (non-hydrogen) atoms. The number of methoxy groups -OCH3 is 2. The number of hydrogen-bond donors (Lipinski definition) is 2. The van der Waals surface area contributed by atoms with Crippen molar-refractivity contribution in [2.24, 2.45) is 0 Å². The van der Waals surface area contributed by atoms with E-state index < -0.39 is 0 Å². The monoisotopic (exact) mass is 363 g/mol. The minimum absolute atomic E-state index is 0.232. The van der Waals surface area contributed by atoms with Crippen molar-refractivity contribution in [3.05, 3.63) is 23.1 Å². The van der Waals surface area contributed by atoms with Crippen LogP contribution in [0.15, 0.2) is 22.6 Å². The Labute approximate surface area is 152 Å². The fourth-order valence-corrected chi connectivity index (χ4v) is 3.65. The van der Waals surface area contributed by atoms with Crippen molar-refractivity contribution in [2.75, 3.05) is 45.0 Å². The molecule has 0 spiro atoms. The molecule has 0 amide bonds. The maximum atomic E-state index is 5.51. The lowest BCUT2D eigenvalue weighted by Crippen LogP contribution is -2.21. The van der Waals surface area contributed by atoms with E-state index in [9.17, 15) is 0 Å². The third-order valence-electron chi connectivity index (χ3n) is 4.36. The molecule has 0 saturated carbocycles. The van der Waals surface area contributed by atoms with E-state index in [1.54, 1.807) is 26.0 Å². The first-order valence-electron chi connectivity index (χ1n) is 8.52. The molecule has 8 heteroatoms. The molecule has 1 aliphatic carbocycles. The average molecular weight is 363 g/mol. The first-order chi connectivity index (χ1) is 12.2. The lowest BCUT2D eigenvalue weighted by atomic mass is 10.0. The van der Waals surface area contributed by atoms with Gasteiger partial charge in [-0.3, -0.25) is 0 Å². The van der Waals surface area contributed by atoms with Crippen LogP contribution in [0.25, 0.3) is 5.57 Å². The fraction of sp³-hybridized carbons (Fsp3) is 0.588. The summed E-state index contributed by atoms with van der Waals surface area (Å²) in [5.74, 6) is 2.65. The summed E-state index contributed by atoms with van der Waals surface area (Å²) in [5.41, 5.74) is 3.24. The summed E-state index contributed by atoms with van der Waals surface area (Å²) in [6, 6.07) is 0.232. The molecule has 1 aromatic heterocycles. The van der Waals surface area contributed by atoms with Gasteiger partial charge in [0.1, 0.15) is 11.5 Å². The number of anilines is 1. The van der Waals surface area contributed by atoms with E-state index in [0.29, 0.717) is 5.16 Å². The Bertz CT molecular complexity index is 677. The van der Waals surface area contributed by atoms with Crippen LogP contribution in [0.2, 0.25) is 0 Å². The number of aromatic nitrogens is 3. The lowest BCUT2D eigenvalue weighted by Gasteiger charge is -2.09. The summed E-state index contributed by atoms with van der Waals surface area (Å²) in [4.78, 5) is 4.64. The number of hydrogen-bond acceptors (Lipinski definition) is 8. The molecule has 1 aromatic rings. The summed E-state index contributed by atoms with van der Waals surface area (Å²) in [7, 11) is 3.42. The number of rotatable bonds is 8. The molecule has 0 fully saturated rings. The Morgan fingerprint density at radius 3 is 3.00 bits per heavy atom. The molecular formula is C17H25N5O2S. The van der Waals surface area contributed by atoms with Crippen molar-refractivity contribution in [3.63, 3.8) is 0 Å². The van der Waals surface area contributed by atoms with Gasteiger partial charge < -0.3 is 20.1 Å². The van der Waals surface area contributed by atoms with Crippen molar-refractivity contribution in [3.8, 4) is 0 Å². The third-order valence-corrected chi connectivity index (χ3v) is 5.19. The summed E-state index contributed by atoms with van der Waals surface area (Å²) >= 11 is 1.61. The predicted molar refractivity (Wildman–Crippen MR) is 99.6 cm³/mol. The van der Waals surface area contributed by atoms with Gasteiger partial charge in [0.25, 0.3) is 0 Å². The molecule has 1 aliphatic heterocycles. The number of ether oxygens (including phenoxy) is 2. The smallest absolute Gasteiger partial charge is 0.211 e. The molecule has 0 aromatic carbocycles. The van der Waals surface area contributed by atoms with Gasteiger partial charge in [0.2, 0.25) is 5.16 Å². The molecule has 0 bridgehead atoms. The van der Waals surface area contributed by atoms with Gasteiger partial charge in [-0.2, -0.15) is 0 Å². The van der Waals surface area contributed by atoms with Gasteiger partial charge in [0.15, 0.2) is 5.82 Å². The van der Waals surface area contributed by atoms with Gasteiger partial charge in [-0.25, -0.2) is 4.98 Å². The van der Waals surface area contributed by atoms with Crippen molar-refractivity contribution in [2.45, 2.75) is 31.0 Å². The Kier molecular flexibility index (Phi) is 6.28. The Morgan fingerprint density at radius 2 is 2.20 bits per heavy atom. The molecular weight excluding hydrogens is 338 g/mol. The quantitative estimate of drug-likeness (QED) is 0.537. The number of allylic oxidation sites excluding steroid dienone is 2. The van der Waals surface area contributed by atoms with Crippen LogP contribution in [-0.2, 0) is 9.47 Å². The molecule has 3 rings (SSSR count). The van der Waals surface area contributed by atoms with Crippen molar-refractivity contribution in [1.82, 2.24) is 20.5 Å². The predicted octanol–water partition coefficient (Wildman–Crippen LogP) is 2.09. The highest BCUT2D eigenvalue weighted by molar-refractivity contribution is 7.99. The van der Waals surface area contributed by atoms with Crippen molar-refractivity contribution in [1.29, 1.82) is 0 Å². The SMILES string of the molecule is COCCNCCSc1nnc2c(n1)NC1CCC(C)=C(OC)C=C21. The maximum absolute atomic E-state index is 5.51. The Morgan fingerprint density at radius 1 is 1.32 bits per heavy atom. The zero-order valence-electron chi connectivity index (χ0n) is 15.0. The van der Waals surface area contributed by atoms with Gasteiger partial charge in [-0.15, -0.1) is 10.2 Å². The highest BCUT2D eigenvalue weighted by atomic mass is 32.2. The average Bonchev–Trinajstić information content (AvgIpc) is 2.88. The van der Waals surface area contributed by atoms with Crippen LogP contribution in [0.4, 0.5) is 5.82 Å². The third kappa shape index (κ3) is 4.31. The Balaban J connectivity index is 1.65. The van der Waals surface area contributed by atoms with Crippen LogP contribution in [0.5, 0.6) is 0 Å².